The van der Waals surface area contributed by atoms with Crippen molar-refractivity contribution in [3.63, 3.8) is 0 Å². The van der Waals surface area contributed by atoms with Crippen LogP contribution in [-0.4, -0.2) is 24.0 Å². The van der Waals surface area contributed by atoms with Gasteiger partial charge in [-0.15, -0.1) is 17.0 Å². The van der Waals surface area contributed by atoms with E-state index < -0.39 is 0 Å². The summed E-state index contributed by atoms with van der Waals surface area (Å²) in [5, 5.41) is 6.57. The fraction of sp³-hybridized carbons (Fsp3) is 0.417. The van der Waals surface area contributed by atoms with Crippen molar-refractivity contribution in [1.82, 2.24) is 10.6 Å². The lowest BCUT2D eigenvalue weighted by atomic mass is 10.0. The van der Waals surface area contributed by atoms with Crippen LogP contribution >= 0.6 is 17.0 Å². The first kappa shape index (κ1) is 11.6. The summed E-state index contributed by atoms with van der Waals surface area (Å²) < 4.78 is 0. The van der Waals surface area contributed by atoms with Crippen LogP contribution < -0.4 is 10.6 Å². The fourth-order valence-corrected chi connectivity index (χ4v) is 2.49. The molecule has 3 nitrogen and oxygen atoms in total. The number of carbonyl (C=O) groups excluding carboxylic acids is 1. The van der Waals surface area contributed by atoms with Gasteiger partial charge in [0.15, 0.2) is 0 Å². The van der Waals surface area contributed by atoms with Gasteiger partial charge in [0.2, 0.25) is 5.91 Å². The number of fused-ring (bicyclic) bond motifs is 2. The van der Waals surface area contributed by atoms with Crippen LogP contribution in [0.25, 0.3) is 0 Å². The second kappa shape index (κ2) is 4.55. The molecule has 0 aromatic rings. The summed E-state index contributed by atoms with van der Waals surface area (Å²) in [6, 6.07) is 0.550. The molecule has 16 heavy (non-hydrogen) atoms. The van der Waals surface area contributed by atoms with Crippen molar-refractivity contribution >= 4 is 22.9 Å². The molecular formula is C12H15BrN2O. The van der Waals surface area contributed by atoms with E-state index in [1.807, 2.05) is 18.2 Å². The summed E-state index contributed by atoms with van der Waals surface area (Å²) in [5.74, 6) is 0.252. The highest BCUT2D eigenvalue weighted by Crippen LogP contribution is 2.23. The molecule has 1 aliphatic heterocycles. The number of rotatable bonds is 0. The van der Waals surface area contributed by atoms with E-state index in [4.69, 9.17) is 0 Å². The highest BCUT2D eigenvalue weighted by atomic mass is 79.9. The zero-order valence-corrected chi connectivity index (χ0v) is 10.5. The monoisotopic (exact) mass is 282 g/mol. The van der Waals surface area contributed by atoms with Gasteiger partial charge in [-0.25, -0.2) is 0 Å². The van der Waals surface area contributed by atoms with Gasteiger partial charge in [-0.3, -0.25) is 4.79 Å². The third kappa shape index (κ3) is 1.87. The molecule has 1 fully saturated rings. The van der Waals surface area contributed by atoms with Gasteiger partial charge < -0.3 is 10.6 Å². The SMILES string of the molecule is Br.O=C1NC2C=CC=CC2NC2C=CCC12. The molecule has 86 valence electrons. The highest BCUT2D eigenvalue weighted by molar-refractivity contribution is 8.93. The lowest BCUT2D eigenvalue weighted by Gasteiger charge is -2.24. The largest absolute Gasteiger partial charge is 0.348 e. The number of hydrogen-bond donors (Lipinski definition) is 2. The van der Waals surface area contributed by atoms with Gasteiger partial charge in [-0.1, -0.05) is 36.5 Å². The van der Waals surface area contributed by atoms with Crippen molar-refractivity contribution in [2.24, 2.45) is 5.92 Å². The van der Waals surface area contributed by atoms with E-state index >= 15 is 0 Å². The van der Waals surface area contributed by atoms with E-state index in [0.29, 0.717) is 0 Å². The molecule has 0 bridgehead atoms. The maximum Gasteiger partial charge on any atom is 0.225 e. The quantitative estimate of drug-likeness (QED) is 0.653. The van der Waals surface area contributed by atoms with Crippen molar-refractivity contribution < 1.29 is 4.79 Å². The van der Waals surface area contributed by atoms with Crippen LogP contribution in [-0.2, 0) is 4.79 Å². The smallest absolute Gasteiger partial charge is 0.225 e. The van der Waals surface area contributed by atoms with Gasteiger partial charge in [0.05, 0.1) is 12.0 Å². The average molecular weight is 283 g/mol. The van der Waals surface area contributed by atoms with E-state index in [0.717, 1.165) is 6.42 Å². The first-order valence-electron chi connectivity index (χ1n) is 5.43. The molecule has 0 spiro atoms. The highest BCUT2D eigenvalue weighted by Gasteiger charge is 2.36. The van der Waals surface area contributed by atoms with E-state index in [2.05, 4.69) is 28.9 Å². The lowest BCUT2D eigenvalue weighted by molar-refractivity contribution is -0.124. The predicted octanol–water partition coefficient (Wildman–Crippen LogP) is 1.09. The zero-order chi connectivity index (χ0) is 10.3. The molecule has 4 heteroatoms. The number of nitrogens with one attached hydrogen (secondary N) is 2. The Labute approximate surface area is 105 Å². The van der Waals surface area contributed by atoms with Crippen molar-refractivity contribution in [3.05, 3.63) is 36.5 Å². The number of hydrogen-bond acceptors (Lipinski definition) is 2. The first-order valence-corrected chi connectivity index (χ1v) is 5.43. The Morgan fingerprint density at radius 3 is 2.62 bits per heavy atom. The topological polar surface area (TPSA) is 41.1 Å². The molecule has 1 amide bonds. The summed E-state index contributed by atoms with van der Waals surface area (Å²) >= 11 is 0. The minimum Gasteiger partial charge on any atom is -0.348 e. The third-order valence-electron chi connectivity index (χ3n) is 3.33. The molecule has 2 aliphatic carbocycles. The number of allylic oxidation sites excluding steroid dienone is 3. The molecule has 3 rings (SSSR count). The lowest BCUT2D eigenvalue weighted by Crippen LogP contribution is -2.46. The van der Waals surface area contributed by atoms with Gasteiger partial charge in [0, 0.05) is 12.1 Å². The summed E-state index contributed by atoms with van der Waals surface area (Å²) in [6.07, 6.45) is 13.2. The van der Waals surface area contributed by atoms with Crippen molar-refractivity contribution in [3.8, 4) is 0 Å². The molecule has 4 atom stereocenters. The first-order chi connectivity index (χ1) is 7.34. The van der Waals surface area contributed by atoms with Crippen LogP contribution in [0.3, 0.4) is 0 Å². The van der Waals surface area contributed by atoms with Gasteiger partial charge in [0.1, 0.15) is 0 Å². The Kier molecular flexibility index (Phi) is 3.30. The van der Waals surface area contributed by atoms with Gasteiger partial charge >= 0.3 is 0 Å². The molecular weight excluding hydrogens is 268 g/mol. The fourth-order valence-electron chi connectivity index (χ4n) is 2.49. The molecule has 0 aromatic heterocycles. The van der Waals surface area contributed by atoms with Crippen LogP contribution in [0.15, 0.2) is 36.5 Å². The van der Waals surface area contributed by atoms with Crippen molar-refractivity contribution in [1.29, 1.82) is 0 Å². The van der Waals surface area contributed by atoms with Gasteiger partial charge in [-0.05, 0) is 6.42 Å². The van der Waals surface area contributed by atoms with Crippen LogP contribution in [0.4, 0.5) is 0 Å². The minimum atomic E-state index is 0. The Bertz CT molecular complexity index is 375. The van der Waals surface area contributed by atoms with Crippen LogP contribution in [0, 0.1) is 5.92 Å². The van der Waals surface area contributed by atoms with Crippen molar-refractivity contribution in [2.45, 2.75) is 24.5 Å². The van der Waals surface area contributed by atoms with E-state index in [1.54, 1.807) is 0 Å². The maximum absolute atomic E-state index is 11.9. The molecule has 1 saturated heterocycles. The number of halogens is 1. The summed E-state index contributed by atoms with van der Waals surface area (Å²) in [4.78, 5) is 11.9. The third-order valence-corrected chi connectivity index (χ3v) is 3.33. The molecule has 0 radical (unpaired) electrons. The normalized spacial score (nSPS) is 39.4. The van der Waals surface area contributed by atoms with Crippen LogP contribution in [0.5, 0.6) is 0 Å². The molecule has 0 aromatic carbocycles. The van der Waals surface area contributed by atoms with E-state index in [9.17, 15) is 4.79 Å². The average Bonchev–Trinajstić information content (AvgIpc) is 2.64. The molecule has 1 heterocycles. The van der Waals surface area contributed by atoms with Crippen LogP contribution in [0.1, 0.15) is 6.42 Å². The van der Waals surface area contributed by atoms with E-state index in [-0.39, 0.29) is 46.9 Å². The Morgan fingerprint density at radius 1 is 1.06 bits per heavy atom. The summed E-state index contributed by atoms with van der Waals surface area (Å²) in [6.45, 7) is 0. The minimum absolute atomic E-state index is 0. The molecule has 3 aliphatic rings. The Morgan fingerprint density at radius 2 is 1.81 bits per heavy atom. The predicted molar refractivity (Wildman–Crippen MR) is 68.5 cm³/mol. The summed E-state index contributed by atoms with van der Waals surface area (Å²) in [7, 11) is 0. The number of carbonyl (C=O) groups is 1. The molecule has 0 saturated carbocycles. The number of amides is 1. The van der Waals surface area contributed by atoms with E-state index in [1.165, 1.54) is 0 Å². The second-order valence-corrected chi connectivity index (χ2v) is 4.29. The van der Waals surface area contributed by atoms with Gasteiger partial charge in [0.25, 0.3) is 0 Å². The molecule has 2 N–H and O–H groups in total. The summed E-state index contributed by atoms with van der Waals surface area (Å²) in [5.41, 5.74) is 0. The zero-order valence-electron chi connectivity index (χ0n) is 8.80. The Balaban J connectivity index is 0.000000963. The van der Waals surface area contributed by atoms with Crippen LogP contribution in [0.2, 0.25) is 0 Å². The molecule has 4 unspecified atom stereocenters. The van der Waals surface area contributed by atoms with Gasteiger partial charge in [-0.2, -0.15) is 0 Å². The van der Waals surface area contributed by atoms with Crippen molar-refractivity contribution in [2.75, 3.05) is 0 Å². The second-order valence-electron chi connectivity index (χ2n) is 4.29. The standard InChI is InChI=1S/C12H14N2O.BrH/c15-12-8-4-3-7-9(8)13-10-5-1-2-6-11(10)14-12;/h1-3,5-11,13H,4H2,(H,14,15);1H. The Hall–Kier alpha value is -0.870. The maximum atomic E-state index is 11.9.